The number of rotatable bonds is 5. The molecule has 1 atom stereocenters. The quantitative estimate of drug-likeness (QED) is 0.798. The van der Waals surface area contributed by atoms with Crippen molar-refractivity contribution in [2.45, 2.75) is 13.0 Å². The van der Waals surface area contributed by atoms with Gasteiger partial charge in [-0.1, -0.05) is 0 Å². The molecule has 7 heteroatoms. The molecule has 3 N–H and O–H groups in total. The lowest BCUT2D eigenvalue weighted by molar-refractivity contribution is -0.119. The number of amides is 2. The highest BCUT2D eigenvalue weighted by atomic mass is 16.5. The fraction of sp³-hybridized carbons (Fsp3) is 0.467. The second-order valence-electron chi connectivity index (χ2n) is 5.17. The first kappa shape index (κ1) is 16.1. The molecule has 0 bridgehead atoms. The Morgan fingerprint density at radius 1 is 1.41 bits per heavy atom. The molecule has 0 aromatic heterocycles. The highest BCUT2D eigenvalue weighted by Gasteiger charge is 2.24. The molecule has 1 saturated heterocycles. The van der Waals surface area contributed by atoms with E-state index in [1.807, 2.05) is 11.8 Å². The third-order valence-corrected chi connectivity index (χ3v) is 3.54. The molecule has 7 nitrogen and oxygen atoms in total. The van der Waals surface area contributed by atoms with Gasteiger partial charge in [0.15, 0.2) is 18.1 Å². The van der Waals surface area contributed by atoms with E-state index in [-0.39, 0.29) is 18.6 Å². The Balaban J connectivity index is 2.17. The predicted octanol–water partition coefficient (Wildman–Crippen LogP) is -0.00680. The maximum absolute atomic E-state index is 12.6. The van der Waals surface area contributed by atoms with Crippen LogP contribution in [0.5, 0.6) is 11.5 Å². The molecule has 1 heterocycles. The monoisotopic (exact) mass is 307 g/mol. The Morgan fingerprint density at radius 3 is 2.82 bits per heavy atom. The van der Waals surface area contributed by atoms with Crippen molar-refractivity contribution >= 4 is 11.8 Å². The van der Waals surface area contributed by atoms with Gasteiger partial charge in [0, 0.05) is 31.2 Å². The van der Waals surface area contributed by atoms with E-state index in [0.717, 1.165) is 13.1 Å². The summed E-state index contributed by atoms with van der Waals surface area (Å²) in [5.41, 5.74) is 5.58. The van der Waals surface area contributed by atoms with Crippen molar-refractivity contribution in [2.24, 2.45) is 5.73 Å². The zero-order valence-corrected chi connectivity index (χ0v) is 12.8. The first-order valence-electron chi connectivity index (χ1n) is 7.13. The van der Waals surface area contributed by atoms with Crippen LogP contribution in [0.4, 0.5) is 0 Å². The molecule has 1 unspecified atom stereocenters. The van der Waals surface area contributed by atoms with E-state index in [2.05, 4.69) is 5.32 Å². The van der Waals surface area contributed by atoms with Crippen molar-refractivity contribution in [3.8, 4) is 11.5 Å². The number of methoxy groups -OCH3 is 1. The van der Waals surface area contributed by atoms with E-state index >= 15 is 0 Å². The number of hydrogen-bond acceptors (Lipinski definition) is 5. The number of benzene rings is 1. The summed E-state index contributed by atoms with van der Waals surface area (Å²) < 4.78 is 10.5. The molecule has 1 aliphatic rings. The zero-order chi connectivity index (χ0) is 16.1. The normalized spacial score (nSPS) is 17.9. The van der Waals surface area contributed by atoms with Crippen LogP contribution in [-0.4, -0.2) is 56.1 Å². The van der Waals surface area contributed by atoms with Crippen molar-refractivity contribution in [1.29, 1.82) is 0 Å². The highest BCUT2D eigenvalue weighted by Crippen LogP contribution is 2.28. The van der Waals surface area contributed by atoms with Crippen LogP contribution in [0, 0.1) is 0 Å². The first-order chi connectivity index (χ1) is 10.5. The van der Waals surface area contributed by atoms with Gasteiger partial charge in [-0.05, 0) is 25.1 Å². The SMILES string of the molecule is COc1cc(C(=O)N2CCNCC2C)ccc1OCC(N)=O. The van der Waals surface area contributed by atoms with Crippen LogP contribution in [0.3, 0.4) is 0 Å². The predicted molar refractivity (Wildman–Crippen MR) is 81.1 cm³/mol. The summed E-state index contributed by atoms with van der Waals surface area (Å²) in [5, 5.41) is 3.25. The largest absolute Gasteiger partial charge is 0.493 e. The minimum atomic E-state index is -0.572. The molecule has 1 aromatic rings. The molecule has 0 saturated carbocycles. The van der Waals surface area contributed by atoms with Crippen molar-refractivity contribution in [1.82, 2.24) is 10.2 Å². The Morgan fingerprint density at radius 2 is 2.18 bits per heavy atom. The summed E-state index contributed by atoms with van der Waals surface area (Å²) >= 11 is 0. The van der Waals surface area contributed by atoms with Crippen LogP contribution < -0.4 is 20.5 Å². The number of nitrogens with two attached hydrogens (primary N) is 1. The molecule has 0 aliphatic carbocycles. The fourth-order valence-electron chi connectivity index (χ4n) is 2.38. The van der Waals surface area contributed by atoms with Crippen LogP contribution in [0.15, 0.2) is 18.2 Å². The molecule has 1 aromatic carbocycles. The minimum absolute atomic E-state index is 0.0475. The summed E-state index contributed by atoms with van der Waals surface area (Å²) in [5.74, 6) is 0.159. The molecule has 0 radical (unpaired) electrons. The van der Waals surface area contributed by atoms with Crippen molar-refractivity contribution in [2.75, 3.05) is 33.4 Å². The van der Waals surface area contributed by atoms with E-state index in [1.165, 1.54) is 7.11 Å². The summed E-state index contributed by atoms with van der Waals surface area (Å²) in [6.07, 6.45) is 0. The van der Waals surface area contributed by atoms with Gasteiger partial charge in [-0.3, -0.25) is 9.59 Å². The lowest BCUT2D eigenvalue weighted by Gasteiger charge is -2.34. The second kappa shape index (κ2) is 7.13. The van der Waals surface area contributed by atoms with Gasteiger partial charge in [0.05, 0.1) is 7.11 Å². The van der Waals surface area contributed by atoms with E-state index in [4.69, 9.17) is 15.2 Å². The number of carbonyl (C=O) groups excluding carboxylic acids is 2. The molecule has 1 fully saturated rings. The van der Waals surface area contributed by atoms with Gasteiger partial charge in [0.2, 0.25) is 0 Å². The third-order valence-electron chi connectivity index (χ3n) is 3.54. The van der Waals surface area contributed by atoms with Crippen molar-refractivity contribution < 1.29 is 19.1 Å². The molecule has 2 amide bonds. The van der Waals surface area contributed by atoms with Gasteiger partial charge in [-0.25, -0.2) is 0 Å². The van der Waals surface area contributed by atoms with Gasteiger partial charge in [-0.15, -0.1) is 0 Å². The maximum Gasteiger partial charge on any atom is 0.255 e. The van der Waals surface area contributed by atoms with E-state index < -0.39 is 5.91 Å². The van der Waals surface area contributed by atoms with Crippen LogP contribution in [0.2, 0.25) is 0 Å². The summed E-state index contributed by atoms with van der Waals surface area (Å²) in [7, 11) is 1.48. The first-order valence-corrected chi connectivity index (χ1v) is 7.13. The topological polar surface area (TPSA) is 93.9 Å². The van der Waals surface area contributed by atoms with Gasteiger partial charge >= 0.3 is 0 Å². The minimum Gasteiger partial charge on any atom is -0.493 e. The number of ether oxygens (including phenoxy) is 2. The Hall–Kier alpha value is -2.28. The Kier molecular flexibility index (Phi) is 5.21. The van der Waals surface area contributed by atoms with Crippen LogP contribution in [-0.2, 0) is 4.79 Å². The summed E-state index contributed by atoms with van der Waals surface area (Å²) in [6, 6.07) is 5.03. The lowest BCUT2D eigenvalue weighted by Crippen LogP contribution is -2.52. The van der Waals surface area contributed by atoms with Gasteiger partial charge in [0.25, 0.3) is 11.8 Å². The third kappa shape index (κ3) is 3.67. The molecule has 22 heavy (non-hydrogen) atoms. The lowest BCUT2D eigenvalue weighted by atomic mass is 10.1. The molecule has 0 spiro atoms. The molecule has 2 rings (SSSR count). The smallest absolute Gasteiger partial charge is 0.255 e. The standard InChI is InChI=1S/C15H21N3O4/c1-10-8-17-5-6-18(10)15(20)11-3-4-12(13(7-11)21-2)22-9-14(16)19/h3-4,7,10,17H,5-6,8-9H2,1-2H3,(H2,16,19). The average molecular weight is 307 g/mol. The van der Waals surface area contributed by atoms with Crippen molar-refractivity contribution in [3.05, 3.63) is 23.8 Å². The Labute approximate surface area is 129 Å². The van der Waals surface area contributed by atoms with Crippen LogP contribution >= 0.6 is 0 Å². The molecular weight excluding hydrogens is 286 g/mol. The maximum atomic E-state index is 12.6. The van der Waals surface area contributed by atoms with Gasteiger partial charge in [-0.2, -0.15) is 0 Å². The number of nitrogens with zero attached hydrogens (tertiary/aromatic N) is 1. The number of piperazine rings is 1. The second-order valence-corrected chi connectivity index (χ2v) is 5.17. The van der Waals surface area contributed by atoms with Crippen molar-refractivity contribution in [3.63, 3.8) is 0 Å². The van der Waals surface area contributed by atoms with E-state index in [9.17, 15) is 9.59 Å². The van der Waals surface area contributed by atoms with Gasteiger partial charge in [0.1, 0.15) is 0 Å². The number of primary amides is 1. The molecule has 120 valence electrons. The number of hydrogen-bond donors (Lipinski definition) is 2. The van der Waals surface area contributed by atoms with E-state index in [1.54, 1.807) is 18.2 Å². The zero-order valence-electron chi connectivity index (χ0n) is 12.8. The summed E-state index contributed by atoms with van der Waals surface area (Å²) in [6.45, 7) is 4.00. The van der Waals surface area contributed by atoms with E-state index in [0.29, 0.717) is 23.6 Å². The molecule has 1 aliphatic heterocycles. The number of carbonyl (C=O) groups is 2. The number of nitrogens with one attached hydrogen (secondary N) is 1. The van der Waals surface area contributed by atoms with Crippen LogP contribution in [0.25, 0.3) is 0 Å². The van der Waals surface area contributed by atoms with Gasteiger partial charge < -0.3 is 25.4 Å². The summed E-state index contributed by atoms with van der Waals surface area (Å²) in [4.78, 5) is 25.2. The highest BCUT2D eigenvalue weighted by molar-refractivity contribution is 5.95. The average Bonchev–Trinajstić information content (AvgIpc) is 2.52. The van der Waals surface area contributed by atoms with Crippen LogP contribution in [0.1, 0.15) is 17.3 Å². The fourth-order valence-corrected chi connectivity index (χ4v) is 2.38. The molecular formula is C15H21N3O4. The Bertz CT molecular complexity index is 562.